The number of carbonyl (C=O) groups excluding carboxylic acids is 1. The summed E-state index contributed by atoms with van der Waals surface area (Å²) in [5.74, 6) is 0.173. The van der Waals surface area contributed by atoms with Gasteiger partial charge in [0.05, 0.1) is 11.4 Å². The molecular weight excluding hydrogens is 439 g/mol. The third-order valence-corrected chi connectivity index (χ3v) is 5.01. The molecule has 0 fully saturated rings. The first-order chi connectivity index (χ1) is 9.95. The molecule has 0 bridgehead atoms. The lowest BCUT2D eigenvalue weighted by molar-refractivity contribution is -0.113. The molecule has 2 aromatic rings. The highest BCUT2D eigenvalue weighted by Crippen LogP contribution is 2.29. The predicted molar refractivity (Wildman–Crippen MR) is 97.1 cm³/mol. The summed E-state index contributed by atoms with van der Waals surface area (Å²) in [6, 6.07) is 10.8. The number of nitrogens with two attached hydrogens (primary N) is 1. The molecule has 0 aliphatic heterocycles. The molecule has 7 heteroatoms. The second kappa shape index (κ2) is 7.54. The van der Waals surface area contributed by atoms with Crippen molar-refractivity contribution in [3.63, 3.8) is 0 Å². The van der Waals surface area contributed by atoms with Crippen molar-refractivity contribution in [3.8, 4) is 0 Å². The average Bonchev–Trinajstić information content (AvgIpc) is 2.41. The van der Waals surface area contributed by atoms with E-state index < -0.39 is 0 Å². The molecule has 2 rings (SSSR count). The number of hydrogen-bond acceptors (Lipinski definition) is 3. The highest BCUT2D eigenvalue weighted by Gasteiger charge is 2.08. The van der Waals surface area contributed by atoms with Gasteiger partial charge in [-0.05, 0) is 52.3 Å². The van der Waals surface area contributed by atoms with Crippen LogP contribution in [0.3, 0.4) is 0 Å². The summed E-state index contributed by atoms with van der Waals surface area (Å²) < 4.78 is 1.76. The van der Waals surface area contributed by atoms with Crippen molar-refractivity contribution < 1.29 is 4.79 Å². The highest BCUT2D eigenvalue weighted by molar-refractivity contribution is 9.11. The topological polar surface area (TPSA) is 55.1 Å². The van der Waals surface area contributed by atoms with Gasteiger partial charge in [0, 0.05) is 24.6 Å². The smallest absolute Gasteiger partial charge is 0.234 e. The lowest BCUT2D eigenvalue weighted by atomic mass is 10.3. The van der Waals surface area contributed by atoms with Crippen LogP contribution in [0.15, 0.2) is 50.2 Å². The van der Waals surface area contributed by atoms with E-state index in [4.69, 9.17) is 17.3 Å². The maximum Gasteiger partial charge on any atom is 0.234 e. The highest BCUT2D eigenvalue weighted by atomic mass is 79.9. The van der Waals surface area contributed by atoms with Gasteiger partial charge in [0.1, 0.15) is 0 Å². The third-order valence-electron chi connectivity index (χ3n) is 2.54. The SMILES string of the molecule is Nc1cc(Cl)ccc1SCC(=O)Nc1ccc(Br)cc1Br. The fraction of sp³-hybridized carbons (Fsp3) is 0.0714. The number of benzene rings is 2. The first kappa shape index (κ1) is 16.7. The molecule has 0 atom stereocenters. The Hall–Kier alpha value is -0.690. The Morgan fingerprint density at radius 3 is 2.67 bits per heavy atom. The fourth-order valence-electron chi connectivity index (χ4n) is 1.57. The number of thioether (sulfide) groups is 1. The second-order valence-electron chi connectivity index (χ2n) is 4.14. The first-order valence-electron chi connectivity index (χ1n) is 5.88. The summed E-state index contributed by atoms with van der Waals surface area (Å²) >= 11 is 14.0. The number of hydrogen-bond donors (Lipinski definition) is 2. The normalized spacial score (nSPS) is 10.4. The van der Waals surface area contributed by atoms with Crippen LogP contribution in [0.4, 0.5) is 11.4 Å². The molecule has 1 amide bonds. The summed E-state index contributed by atoms with van der Waals surface area (Å²) in [7, 11) is 0. The first-order valence-corrected chi connectivity index (χ1v) is 8.83. The minimum atomic E-state index is -0.0997. The van der Waals surface area contributed by atoms with Gasteiger partial charge in [-0.15, -0.1) is 11.8 Å². The number of amides is 1. The van der Waals surface area contributed by atoms with Crippen LogP contribution in [-0.2, 0) is 4.79 Å². The summed E-state index contributed by atoms with van der Waals surface area (Å²) in [5, 5.41) is 3.43. The molecule has 0 heterocycles. The van der Waals surface area contributed by atoms with Crippen molar-refractivity contribution in [2.45, 2.75) is 4.90 Å². The standard InChI is InChI=1S/C14H11Br2ClN2OS/c15-8-1-3-12(10(16)5-8)19-14(20)7-21-13-4-2-9(17)6-11(13)18/h1-6H,7,18H2,(H,19,20). The van der Waals surface area contributed by atoms with Gasteiger partial charge in [0.2, 0.25) is 5.91 Å². The van der Waals surface area contributed by atoms with E-state index in [9.17, 15) is 4.79 Å². The fourth-order valence-corrected chi connectivity index (χ4v) is 3.65. The summed E-state index contributed by atoms with van der Waals surface area (Å²) in [6.07, 6.45) is 0. The van der Waals surface area contributed by atoms with Crippen LogP contribution in [0.2, 0.25) is 5.02 Å². The molecule has 0 saturated heterocycles. The lowest BCUT2D eigenvalue weighted by Crippen LogP contribution is -2.14. The molecule has 3 nitrogen and oxygen atoms in total. The van der Waals surface area contributed by atoms with Crippen LogP contribution in [0.5, 0.6) is 0 Å². The van der Waals surface area contributed by atoms with Gasteiger partial charge in [-0.25, -0.2) is 0 Å². The monoisotopic (exact) mass is 448 g/mol. The maximum absolute atomic E-state index is 12.0. The molecule has 0 radical (unpaired) electrons. The van der Waals surface area contributed by atoms with Gasteiger partial charge < -0.3 is 11.1 Å². The quantitative estimate of drug-likeness (QED) is 0.499. The number of nitrogen functional groups attached to an aromatic ring is 1. The molecule has 0 saturated carbocycles. The molecule has 110 valence electrons. The molecule has 2 aromatic carbocycles. The Bertz CT molecular complexity index is 682. The van der Waals surface area contributed by atoms with Gasteiger partial charge >= 0.3 is 0 Å². The minimum absolute atomic E-state index is 0.0997. The van der Waals surface area contributed by atoms with Crippen molar-refractivity contribution in [1.29, 1.82) is 0 Å². The van der Waals surface area contributed by atoms with Gasteiger partial charge in [0.15, 0.2) is 0 Å². The van der Waals surface area contributed by atoms with Crippen molar-refractivity contribution in [1.82, 2.24) is 0 Å². The summed E-state index contributed by atoms with van der Waals surface area (Å²) in [6.45, 7) is 0. The van der Waals surface area contributed by atoms with Gasteiger partial charge in [-0.3, -0.25) is 4.79 Å². The van der Waals surface area contributed by atoms with E-state index in [1.165, 1.54) is 11.8 Å². The van der Waals surface area contributed by atoms with E-state index >= 15 is 0 Å². The Labute approximate surface area is 148 Å². The molecule has 21 heavy (non-hydrogen) atoms. The maximum atomic E-state index is 12.0. The van der Waals surface area contributed by atoms with Crippen molar-refractivity contribution in [2.75, 3.05) is 16.8 Å². The van der Waals surface area contributed by atoms with Crippen molar-refractivity contribution in [3.05, 3.63) is 50.4 Å². The molecule has 0 unspecified atom stereocenters. The zero-order chi connectivity index (χ0) is 15.4. The molecule has 0 spiro atoms. The second-order valence-corrected chi connectivity index (χ2v) is 7.37. The summed E-state index contributed by atoms with van der Waals surface area (Å²) in [4.78, 5) is 12.8. The zero-order valence-electron chi connectivity index (χ0n) is 10.7. The molecule has 0 aliphatic carbocycles. The van der Waals surface area contributed by atoms with E-state index in [2.05, 4.69) is 37.2 Å². The Balaban J connectivity index is 1.96. The Morgan fingerprint density at radius 1 is 1.24 bits per heavy atom. The summed E-state index contributed by atoms with van der Waals surface area (Å²) in [5.41, 5.74) is 7.15. The molecular formula is C14H11Br2ClN2OS. The largest absolute Gasteiger partial charge is 0.398 e. The van der Waals surface area contributed by atoms with E-state index in [-0.39, 0.29) is 11.7 Å². The van der Waals surface area contributed by atoms with Crippen molar-refractivity contribution in [2.24, 2.45) is 0 Å². The lowest BCUT2D eigenvalue weighted by Gasteiger charge is -2.09. The van der Waals surface area contributed by atoms with Crippen LogP contribution in [0.25, 0.3) is 0 Å². The van der Waals surface area contributed by atoms with Crippen LogP contribution in [0.1, 0.15) is 0 Å². The third kappa shape index (κ3) is 4.92. The number of rotatable bonds is 4. The van der Waals surface area contributed by atoms with E-state index in [1.54, 1.807) is 12.1 Å². The Kier molecular flexibility index (Phi) is 5.98. The Morgan fingerprint density at radius 2 is 2.00 bits per heavy atom. The molecule has 0 aromatic heterocycles. The van der Waals surface area contributed by atoms with Gasteiger partial charge in [-0.2, -0.15) is 0 Å². The molecule has 0 aliphatic rings. The number of carbonyl (C=O) groups is 1. The number of anilines is 2. The van der Waals surface area contributed by atoms with Gasteiger partial charge in [0.25, 0.3) is 0 Å². The van der Waals surface area contributed by atoms with Crippen LogP contribution in [0, 0.1) is 0 Å². The average molecular weight is 451 g/mol. The zero-order valence-corrected chi connectivity index (χ0v) is 15.4. The minimum Gasteiger partial charge on any atom is -0.398 e. The van der Waals surface area contributed by atoms with Crippen LogP contribution < -0.4 is 11.1 Å². The van der Waals surface area contributed by atoms with E-state index in [0.717, 1.165) is 19.5 Å². The number of halogens is 3. The predicted octanol–water partition coefficient (Wildman–Crippen LogP) is 5.18. The van der Waals surface area contributed by atoms with Crippen LogP contribution in [-0.4, -0.2) is 11.7 Å². The van der Waals surface area contributed by atoms with Crippen molar-refractivity contribution >= 4 is 72.5 Å². The van der Waals surface area contributed by atoms with Crippen LogP contribution >= 0.6 is 55.2 Å². The molecule has 3 N–H and O–H groups in total. The van der Waals surface area contributed by atoms with E-state index in [0.29, 0.717) is 10.7 Å². The van der Waals surface area contributed by atoms with E-state index in [1.807, 2.05) is 24.3 Å². The number of nitrogens with one attached hydrogen (secondary N) is 1. The van der Waals surface area contributed by atoms with Gasteiger partial charge in [-0.1, -0.05) is 27.5 Å².